The second kappa shape index (κ2) is 6.80. The molecule has 0 aromatic heterocycles. The molecule has 0 spiro atoms. The van der Waals surface area contributed by atoms with E-state index in [0.29, 0.717) is 5.92 Å². The van der Waals surface area contributed by atoms with Crippen molar-refractivity contribution in [2.75, 3.05) is 6.61 Å². The number of carboxylic acid groups (broad SMARTS) is 1. The summed E-state index contributed by atoms with van der Waals surface area (Å²) in [4.78, 5) is 12.0. The van der Waals surface area contributed by atoms with Crippen LogP contribution in [-0.2, 0) is 4.79 Å². The van der Waals surface area contributed by atoms with Crippen molar-refractivity contribution >= 4 is 5.97 Å². The number of allylic oxidation sites excluding steroid dienone is 2. The molecule has 0 aromatic carbocycles. The summed E-state index contributed by atoms with van der Waals surface area (Å²) in [5, 5.41) is 18.9. The van der Waals surface area contributed by atoms with Crippen LogP contribution in [0.25, 0.3) is 0 Å². The molecular formula is C20H32O3. The maximum Gasteiger partial charge on any atom is 0.309 e. The third-order valence-corrected chi connectivity index (χ3v) is 6.78. The third-order valence-electron chi connectivity index (χ3n) is 6.78. The first-order valence-corrected chi connectivity index (χ1v) is 8.93. The molecule has 2 fully saturated rings. The third kappa shape index (κ3) is 3.26. The van der Waals surface area contributed by atoms with Crippen molar-refractivity contribution in [3.05, 3.63) is 23.8 Å². The zero-order valence-electron chi connectivity index (χ0n) is 14.9. The molecule has 0 saturated heterocycles. The Morgan fingerprint density at radius 1 is 1.39 bits per heavy atom. The fraction of sp³-hybridized carbons (Fsp3) is 0.750. The zero-order chi connectivity index (χ0) is 17.3. The number of carboxylic acids is 1. The number of aliphatic hydroxyl groups excluding tert-OH is 1. The highest BCUT2D eigenvalue weighted by Gasteiger charge is 2.57. The van der Waals surface area contributed by atoms with Crippen LogP contribution in [0.5, 0.6) is 0 Å². The number of aliphatic hydroxyl groups is 1. The summed E-state index contributed by atoms with van der Waals surface area (Å²) in [7, 11) is 0. The van der Waals surface area contributed by atoms with E-state index in [9.17, 15) is 9.90 Å². The smallest absolute Gasteiger partial charge is 0.309 e. The summed E-state index contributed by atoms with van der Waals surface area (Å²) in [5.41, 5.74) is 1.96. The molecule has 23 heavy (non-hydrogen) atoms. The number of rotatable bonds is 5. The Morgan fingerprint density at radius 3 is 2.70 bits per heavy atom. The van der Waals surface area contributed by atoms with Crippen molar-refractivity contribution < 1.29 is 15.0 Å². The second-order valence-electron chi connectivity index (χ2n) is 8.16. The van der Waals surface area contributed by atoms with Gasteiger partial charge in [-0.15, -0.1) is 0 Å². The standard InChI is InChI=1S/C20H32O3/c1-14(10-13-21)6-8-16-15(2)7-9-17-19(16,3)11-5-12-20(17,4)18(22)23/h10,16-17,21H,2,5-9,11-13H2,1,3-4H3,(H,22,23)/b14-10+. The monoisotopic (exact) mass is 320 g/mol. The summed E-state index contributed by atoms with van der Waals surface area (Å²) in [6, 6.07) is 0. The minimum atomic E-state index is -0.629. The predicted octanol–water partition coefficient (Wildman–Crippen LogP) is 4.57. The Labute approximate surface area is 140 Å². The van der Waals surface area contributed by atoms with Gasteiger partial charge in [0.25, 0.3) is 0 Å². The number of hydrogen-bond acceptors (Lipinski definition) is 2. The molecule has 3 heteroatoms. The van der Waals surface area contributed by atoms with Gasteiger partial charge in [-0.1, -0.05) is 37.1 Å². The van der Waals surface area contributed by atoms with E-state index < -0.39 is 11.4 Å². The molecule has 0 radical (unpaired) electrons. The SMILES string of the molecule is C=C1CCC2C(C)(C(=O)O)CCCC2(C)C1CC/C(C)=C/CO. The summed E-state index contributed by atoms with van der Waals surface area (Å²) < 4.78 is 0. The first-order valence-electron chi connectivity index (χ1n) is 8.93. The van der Waals surface area contributed by atoms with Crippen molar-refractivity contribution in [2.24, 2.45) is 22.7 Å². The van der Waals surface area contributed by atoms with E-state index in [-0.39, 0.29) is 17.9 Å². The summed E-state index contributed by atoms with van der Waals surface area (Å²) in [5.74, 6) is -0.00260. The lowest BCUT2D eigenvalue weighted by Gasteiger charge is -2.57. The lowest BCUT2D eigenvalue weighted by atomic mass is 9.46. The molecule has 0 heterocycles. The Hall–Kier alpha value is -1.09. The van der Waals surface area contributed by atoms with Crippen LogP contribution < -0.4 is 0 Å². The topological polar surface area (TPSA) is 57.5 Å². The van der Waals surface area contributed by atoms with Crippen molar-refractivity contribution in [3.8, 4) is 0 Å². The largest absolute Gasteiger partial charge is 0.481 e. The van der Waals surface area contributed by atoms with Gasteiger partial charge in [0.2, 0.25) is 0 Å². The van der Waals surface area contributed by atoms with Crippen molar-refractivity contribution in [3.63, 3.8) is 0 Å². The van der Waals surface area contributed by atoms with E-state index >= 15 is 0 Å². The normalized spacial score (nSPS) is 38.3. The first kappa shape index (κ1) is 18.3. The zero-order valence-corrected chi connectivity index (χ0v) is 14.9. The number of carbonyl (C=O) groups is 1. The summed E-state index contributed by atoms with van der Waals surface area (Å²) in [6.45, 7) is 10.7. The van der Waals surface area contributed by atoms with Crippen LogP contribution in [0.2, 0.25) is 0 Å². The van der Waals surface area contributed by atoms with Crippen molar-refractivity contribution in [1.82, 2.24) is 0 Å². The van der Waals surface area contributed by atoms with Crippen LogP contribution in [0.15, 0.2) is 23.8 Å². The second-order valence-corrected chi connectivity index (χ2v) is 8.16. The molecule has 0 bridgehead atoms. The van der Waals surface area contributed by atoms with E-state index in [0.717, 1.165) is 44.9 Å². The molecule has 3 nitrogen and oxygen atoms in total. The number of aliphatic carboxylic acids is 1. The van der Waals surface area contributed by atoms with Gasteiger partial charge in [0.15, 0.2) is 0 Å². The predicted molar refractivity (Wildman–Crippen MR) is 93.1 cm³/mol. The van der Waals surface area contributed by atoms with Gasteiger partial charge in [-0.3, -0.25) is 4.79 Å². The van der Waals surface area contributed by atoms with E-state index in [4.69, 9.17) is 5.11 Å². The van der Waals surface area contributed by atoms with Gasteiger partial charge in [0, 0.05) is 0 Å². The summed E-state index contributed by atoms with van der Waals surface area (Å²) >= 11 is 0. The van der Waals surface area contributed by atoms with Crippen molar-refractivity contribution in [1.29, 1.82) is 0 Å². The van der Waals surface area contributed by atoms with Crippen LogP contribution in [0.4, 0.5) is 0 Å². The van der Waals surface area contributed by atoms with Gasteiger partial charge in [-0.25, -0.2) is 0 Å². The van der Waals surface area contributed by atoms with Crippen LogP contribution in [0.1, 0.15) is 65.7 Å². The fourth-order valence-corrected chi connectivity index (χ4v) is 5.37. The molecule has 4 atom stereocenters. The van der Waals surface area contributed by atoms with E-state index in [1.54, 1.807) is 0 Å². The Balaban J connectivity index is 2.26. The van der Waals surface area contributed by atoms with Gasteiger partial charge in [0.1, 0.15) is 0 Å². The number of hydrogen-bond donors (Lipinski definition) is 2. The van der Waals surface area contributed by atoms with Crippen LogP contribution in [0, 0.1) is 22.7 Å². The highest BCUT2D eigenvalue weighted by atomic mass is 16.4. The van der Waals surface area contributed by atoms with Gasteiger partial charge in [-0.05, 0) is 69.6 Å². The minimum absolute atomic E-state index is 0.0419. The van der Waals surface area contributed by atoms with Crippen molar-refractivity contribution in [2.45, 2.75) is 65.7 Å². The summed E-state index contributed by atoms with van der Waals surface area (Å²) in [6.07, 6.45) is 8.65. The molecule has 0 aliphatic heterocycles. The van der Waals surface area contributed by atoms with E-state index in [1.165, 1.54) is 11.1 Å². The maximum absolute atomic E-state index is 12.0. The Kier molecular flexibility index (Phi) is 5.40. The van der Waals surface area contributed by atoms with E-state index in [1.807, 2.05) is 13.0 Å². The molecule has 0 aromatic rings. The average molecular weight is 320 g/mol. The maximum atomic E-state index is 12.0. The Bertz CT molecular complexity index is 507. The molecule has 2 rings (SSSR count). The first-order chi connectivity index (χ1) is 10.8. The highest BCUT2D eigenvalue weighted by molar-refractivity contribution is 5.75. The molecule has 2 aliphatic rings. The molecule has 0 amide bonds. The van der Waals surface area contributed by atoms with Gasteiger partial charge in [-0.2, -0.15) is 0 Å². The van der Waals surface area contributed by atoms with Crippen LogP contribution in [0.3, 0.4) is 0 Å². The molecule has 2 saturated carbocycles. The van der Waals surface area contributed by atoms with Crippen LogP contribution >= 0.6 is 0 Å². The molecule has 2 aliphatic carbocycles. The molecule has 130 valence electrons. The molecular weight excluding hydrogens is 288 g/mol. The molecule has 4 unspecified atom stereocenters. The average Bonchev–Trinajstić information content (AvgIpc) is 2.46. The minimum Gasteiger partial charge on any atom is -0.481 e. The van der Waals surface area contributed by atoms with E-state index in [2.05, 4.69) is 20.4 Å². The lowest BCUT2D eigenvalue weighted by Crippen LogP contribution is -2.53. The Morgan fingerprint density at radius 2 is 2.09 bits per heavy atom. The lowest BCUT2D eigenvalue weighted by molar-refractivity contribution is -0.164. The number of fused-ring (bicyclic) bond motifs is 1. The van der Waals surface area contributed by atoms with Gasteiger partial charge in [0.05, 0.1) is 12.0 Å². The quantitative estimate of drug-likeness (QED) is 0.730. The van der Waals surface area contributed by atoms with Crippen LogP contribution in [-0.4, -0.2) is 22.8 Å². The molecule has 2 N–H and O–H groups in total. The van der Waals surface area contributed by atoms with Gasteiger partial charge < -0.3 is 10.2 Å². The van der Waals surface area contributed by atoms with Gasteiger partial charge >= 0.3 is 5.97 Å². The highest BCUT2D eigenvalue weighted by Crippen LogP contribution is 2.62. The fourth-order valence-electron chi connectivity index (χ4n) is 5.37.